The third-order valence-corrected chi connectivity index (χ3v) is 13.8. The van der Waals surface area contributed by atoms with Crippen molar-refractivity contribution < 1.29 is 70.3 Å². The highest BCUT2D eigenvalue weighted by molar-refractivity contribution is 7.59. The summed E-state index contributed by atoms with van der Waals surface area (Å²) in [5, 5.41) is 10.4. The van der Waals surface area contributed by atoms with Gasteiger partial charge in [0.05, 0.1) is 25.9 Å². The van der Waals surface area contributed by atoms with Gasteiger partial charge in [-0.05, 0) is 50.0 Å². The van der Waals surface area contributed by atoms with E-state index >= 15 is 0 Å². The van der Waals surface area contributed by atoms with E-state index in [1.807, 2.05) is 12.1 Å². The molecular formula is C44H42N12O15P2-2. The number of hydrogen-bond donors (Lipinski definition) is 4. The molecule has 4 N–H and O–H groups in total. The summed E-state index contributed by atoms with van der Waals surface area (Å²) < 4.78 is 81.4. The number of carbonyl (C=O) groups excluding carboxylic acids is 2. The maximum absolute atomic E-state index is 13.3. The number of amides is 4. The highest BCUT2D eigenvalue weighted by atomic mass is 31.3. The predicted molar refractivity (Wildman–Crippen MR) is 246 cm³/mol. The van der Waals surface area contributed by atoms with E-state index in [1.165, 1.54) is 34.4 Å². The summed E-state index contributed by atoms with van der Waals surface area (Å²) in [6, 6.07) is 17.0. The Balaban J connectivity index is 0.835. The van der Waals surface area contributed by atoms with Gasteiger partial charge in [0.15, 0.2) is 46.4 Å². The molecule has 4 aliphatic heterocycles. The lowest BCUT2D eigenvalue weighted by molar-refractivity contribution is -0.247. The molecule has 4 amide bonds. The first-order valence-corrected chi connectivity index (χ1v) is 25.4. The Bertz CT molecular complexity index is 3010. The van der Waals surface area contributed by atoms with Crippen LogP contribution in [0.1, 0.15) is 37.4 Å². The van der Waals surface area contributed by atoms with Crippen molar-refractivity contribution in [1.82, 2.24) is 49.7 Å². The van der Waals surface area contributed by atoms with Crippen molar-refractivity contribution in [2.45, 2.75) is 75.5 Å². The lowest BCUT2D eigenvalue weighted by Crippen LogP contribution is -2.33. The number of aromatic nitrogens is 8. The lowest BCUT2D eigenvalue weighted by atomic mass is 10.1. The molecule has 10 rings (SSSR count). The Morgan fingerprint density at radius 2 is 1.01 bits per heavy atom. The Morgan fingerprint density at radius 3 is 1.42 bits per heavy atom. The average molecular weight is 1040 g/mol. The molecule has 0 radical (unpaired) electrons. The van der Waals surface area contributed by atoms with Crippen LogP contribution in [0.25, 0.3) is 22.3 Å². The number of phosphoric ester groups is 2. The molecule has 0 saturated carbocycles. The zero-order valence-electron chi connectivity index (χ0n) is 38.3. The molecule has 4 saturated heterocycles. The van der Waals surface area contributed by atoms with Crippen molar-refractivity contribution >= 4 is 61.7 Å². The summed E-state index contributed by atoms with van der Waals surface area (Å²) in [5.74, 6) is 11.9. The van der Waals surface area contributed by atoms with Gasteiger partial charge in [-0.15, -0.1) is 0 Å². The van der Waals surface area contributed by atoms with Crippen LogP contribution in [-0.4, -0.2) is 127 Å². The highest BCUT2D eigenvalue weighted by Gasteiger charge is 2.55. The van der Waals surface area contributed by atoms with E-state index in [4.69, 9.17) is 37.5 Å². The number of benzene rings is 2. The molecule has 4 aliphatic rings. The number of imidazole rings is 2. The van der Waals surface area contributed by atoms with Crippen molar-refractivity contribution in [2.24, 2.45) is 0 Å². The van der Waals surface area contributed by atoms with Crippen LogP contribution in [0.5, 0.6) is 0 Å². The molecule has 2 aromatic carbocycles. The maximum atomic E-state index is 13.3. The molecule has 8 heterocycles. The van der Waals surface area contributed by atoms with Crippen LogP contribution in [0, 0.1) is 23.7 Å². The Labute approximate surface area is 413 Å². The number of fused-ring (bicyclic) bond motifs is 4. The van der Waals surface area contributed by atoms with Gasteiger partial charge in [0.1, 0.15) is 49.3 Å². The first-order chi connectivity index (χ1) is 35.3. The van der Waals surface area contributed by atoms with E-state index < -0.39 is 103 Å². The zero-order chi connectivity index (χ0) is 50.7. The van der Waals surface area contributed by atoms with Gasteiger partial charge in [-0.25, -0.2) is 43.8 Å². The first kappa shape index (κ1) is 49.8. The summed E-state index contributed by atoms with van der Waals surface area (Å²) >= 11 is 0. The van der Waals surface area contributed by atoms with Crippen molar-refractivity contribution in [2.75, 3.05) is 36.9 Å². The van der Waals surface area contributed by atoms with E-state index in [2.05, 4.69) is 79.2 Å². The smallest absolute Gasteiger partial charge is 0.320 e. The van der Waals surface area contributed by atoms with Crippen LogP contribution >= 0.6 is 15.6 Å². The normalized spacial score (nSPS) is 26.6. The fourth-order valence-corrected chi connectivity index (χ4v) is 10.2. The van der Waals surface area contributed by atoms with Gasteiger partial charge in [-0.2, -0.15) is 0 Å². The molecule has 4 aromatic heterocycles. The fourth-order valence-electron chi connectivity index (χ4n) is 8.23. The van der Waals surface area contributed by atoms with Gasteiger partial charge in [-0.3, -0.25) is 28.9 Å². The Hall–Kier alpha value is -6.78. The second kappa shape index (κ2) is 21.4. The minimum atomic E-state index is -5.76. The predicted octanol–water partition coefficient (Wildman–Crippen LogP) is 2.05. The average Bonchev–Trinajstić information content (AvgIpc) is 4.24. The number of ether oxygens (including phenoxy) is 6. The molecule has 6 aromatic rings. The van der Waals surface area contributed by atoms with Crippen molar-refractivity contribution in [3.8, 4) is 23.7 Å². The van der Waals surface area contributed by atoms with Crippen LogP contribution in [-0.2, 0) is 50.9 Å². The molecule has 27 nitrogen and oxygen atoms in total. The van der Waals surface area contributed by atoms with E-state index in [-0.39, 0.29) is 34.0 Å². The molecular weight excluding hydrogens is 999 g/mol. The van der Waals surface area contributed by atoms with Crippen LogP contribution in [0.4, 0.5) is 21.2 Å². The van der Waals surface area contributed by atoms with Crippen molar-refractivity contribution in [1.29, 1.82) is 0 Å². The van der Waals surface area contributed by atoms with Gasteiger partial charge in [0, 0.05) is 24.2 Å². The number of rotatable bonds is 14. The topological polar surface area (TPSA) is 333 Å². The van der Waals surface area contributed by atoms with Crippen LogP contribution in [0.15, 0.2) is 86.0 Å². The number of carbonyl (C=O) groups is 2. The standard InChI is InChI=1S/C44H44N12O15P2/c1-3-45-43(57)53-37-31-39(49-21-47-37)55(23-51-31)41-35-33(67-29(69-35)17-15-25-11-7-5-8-12-25)27(65-41)19-63-72(59,60)71-73(61,62)64-20-28-34-36(70-30(68-34)18-16-26-13-9-6-10-14-26)42(66-28)56-24-52-32-38(48-22-50-40(32)56)54-44(58)46-4-2/h5-14,21-24,27-30,33-36,41-42H,3-4,19-20H2,1-2H3,(H,59,60)(H,61,62)(H2,45,47,49,53,57)(H2,46,48,50,54,58)/p-2/t27-,28-,29?,30?,33?,34?,35+,36?,41-,42-/m1/s1. The summed E-state index contributed by atoms with van der Waals surface area (Å²) in [6.07, 6.45) is -5.82. The van der Waals surface area contributed by atoms with E-state index in [0.717, 1.165) is 0 Å². The SMILES string of the molecule is CCNC(=O)Nc1ncnc2c1ncn2[C@@H]1O[C@H](COP(=O)([O-])OP(=O)([O-])OC[C@H]2O[C@@H](n3cnc4c(NC(=O)NCC)ncnc43)[C@H]3OC(C#Cc4ccccc4)OC23)C2OC(C#Cc3ccccc3)OC21. The minimum absolute atomic E-state index is 0.0950. The van der Waals surface area contributed by atoms with Crippen LogP contribution < -0.4 is 31.1 Å². The van der Waals surface area contributed by atoms with Gasteiger partial charge in [0.2, 0.25) is 12.6 Å². The maximum Gasteiger partial charge on any atom is 0.320 e. The number of nitrogens with one attached hydrogen (secondary N) is 4. The summed E-state index contributed by atoms with van der Waals surface area (Å²) in [6.45, 7) is 2.54. The number of nitrogens with zero attached hydrogens (tertiary/aromatic N) is 8. The summed E-state index contributed by atoms with van der Waals surface area (Å²) in [7, 11) is -11.5. The molecule has 29 heteroatoms. The second-order valence-corrected chi connectivity index (χ2v) is 19.1. The van der Waals surface area contributed by atoms with E-state index in [9.17, 15) is 28.5 Å². The third kappa shape index (κ3) is 11.1. The van der Waals surface area contributed by atoms with Gasteiger partial charge < -0.3 is 57.9 Å². The number of hydrogen-bond acceptors (Lipinski definition) is 21. The van der Waals surface area contributed by atoms with Gasteiger partial charge in [0.25, 0.3) is 15.6 Å². The van der Waals surface area contributed by atoms with Crippen LogP contribution in [0.3, 0.4) is 0 Å². The molecule has 73 heavy (non-hydrogen) atoms. The molecule has 0 aliphatic carbocycles. The molecule has 12 atom stereocenters. The van der Waals surface area contributed by atoms with Crippen molar-refractivity contribution in [3.63, 3.8) is 0 Å². The second-order valence-electron chi connectivity index (χ2n) is 16.1. The van der Waals surface area contributed by atoms with Gasteiger partial charge >= 0.3 is 12.1 Å². The van der Waals surface area contributed by atoms with Crippen molar-refractivity contribution in [3.05, 3.63) is 97.1 Å². The van der Waals surface area contributed by atoms with Crippen LogP contribution in [0.2, 0.25) is 0 Å². The Morgan fingerprint density at radius 1 is 0.603 bits per heavy atom. The monoisotopic (exact) mass is 1040 g/mol. The largest absolute Gasteiger partial charge is 0.756 e. The van der Waals surface area contributed by atoms with E-state index in [1.54, 1.807) is 62.4 Å². The van der Waals surface area contributed by atoms with Gasteiger partial charge in [-0.1, -0.05) is 48.2 Å². The summed E-state index contributed by atoms with van der Waals surface area (Å²) in [4.78, 5) is 77.0. The number of phosphoric acid groups is 2. The number of anilines is 2. The fraction of sp³-hybridized carbons (Fsp3) is 0.364. The summed E-state index contributed by atoms with van der Waals surface area (Å²) in [5.41, 5.74) is 2.14. The quantitative estimate of drug-likeness (QED) is 0.0896. The number of urea groups is 2. The zero-order valence-corrected chi connectivity index (χ0v) is 40.1. The third-order valence-electron chi connectivity index (χ3n) is 11.3. The molecule has 4 fully saturated rings. The first-order valence-electron chi connectivity index (χ1n) is 22.5. The lowest BCUT2D eigenvalue weighted by Gasteiger charge is -2.32. The Kier molecular flexibility index (Phi) is 14.6. The highest BCUT2D eigenvalue weighted by Crippen LogP contribution is 2.56. The van der Waals surface area contributed by atoms with E-state index in [0.29, 0.717) is 24.2 Å². The molecule has 0 bridgehead atoms. The minimum Gasteiger partial charge on any atom is -0.756 e. The molecule has 380 valence electrons. The molecule has 0 spiro atoms. The molecule has 7 unspecified atom stereocenters.